The number of halogens is 16. The van der Waals surface area contributed by atoms with E-state index in [2.05, 4.69) is 0 Å². The van der Waals surface area contributed by atoms with Gasteiger partial charge in [0.25, 0.3) is 11.1 Å². The van der Waals surface area contributed by atoms with E-state index in [1.807, 2.05) is 0 Å². The molecule has 0 saturated carbocycles. The van der Waals surface area contributed by atoms with Crippen LogP contribution in [0.25, 0.3) is 22.3 Å². The number of ether oxygens (including phenoxy) is 1. The summed E-state index contributed by atoms with van der Waals surface area (Å²) < 4.78 is 241. The molecule has 2 N–H and O–H groups in total. The van der Waals surface area contributed by atoms with Crippen molar-refractivity contribution >= 4 is 50.5 Å². The number of hydrogen-bond acceptors (Lipinski definition) is 10. The van der Waals surface area contributed by atoms with Gasteiger partial charge in [0.1, 0.15) is 23.3 Å². The molecule has 0 bridgehead atoms. The number of esters is 1. The van der Waals surface area contributed by atoms with Crippen LogP contribution in [-0.4, -0.2) is 101 Å². The van der Waals surface area contributed by atoms with Crippen LogP contribution in [0.3, 0.4) is 0 Å². The van der Waals surface area contributed by atoms with E-state index < -0.39 is 177 Å². The van der Waals surface area contributed by atoms with E-state index in [9.17, 15) is 86.6 Å². The predicted octanol–water partition coefficient (Wildman–Crippen LogP) is 14.2. The minimum Gasteiger partial charge on any atom is -0.870 e. The first-order valence-electron chi connectivity index (χ1n) is 31.8. The third-order valence-corrected chi connectivity index (χ3v) is 16.8. The first kappa shape index (κ1) is 95.1. The van der Waals surface area contributed by atoms with E-state index in [0.29, 0.717) is 46.5 Å². The van der Waals surface area contributed by atoms with Crippen molar-refractivity contribution in [1.29, 1.82) is 0 Å². The van der Waals surface area contributed by atoms with E-state index in [1.54, 1.807) is 77.8 Å². The average Bonchev–Trinajstić information content (AvgIpc) is 0.766. The number of carboxylic acids is 1. The predicted molar refractivity (Wildman–Crippen MR) is 366 cm³/mol. The Morgan fingerprint density at radius 1 is 0.500 bits per heavy atom. The standard InChI is InChI=1S/C37H42F8N2O4.C35H38F8N2O4.Li.H2O.2H2S/c1-8-51-31(50)16-24(33-34(38)25(17-27(35(33)39)37(43,44)45)32-21(4)10-9-11-22(32)5)15-29(48)28(14-20(2)3)47-19-23(12-13-46(6)7)26(18-30(47)49)36(40,41)42;1-18(2)12-26(45-17-21(10-11-44(5)6)24(16-28(45)47)34(38,39)40)27(46)13-22(14-29(48)49)31-32(36)23(15-25(33(31)37)35(41,42)43)30-19(3)8-7-9-20(30)4;;;;/h9-11,17-20,24,28H,8,12-16H2,1-7H3;7-9,15-18,22,26H,10-14H2,1-6H3,(H,48,49);;3*1H2/q;;+1;;;/p-1/t24-,28?;22-,26?;;;;/m00..../s1. The summed E-state index contributed by atoms with van der Waals surface area (Å²) >= 11 is 0. The molecule has 0 saturated heterocycles. The molecule has 0 radical (unpaired) electrons. The molecular weight excluding hydrogens is 1440 g/mol. The van der Waals surface area contributed by atoms with Crippen molar-refractivity contribution in [3.8, 4) is 22.3 Å². The van der Waals surface area contributed by atoms with Gasteiger partial charge in [-0.1, -0.05) is 64.1 Å². The maximum Gasteiger partial charge on any atom is 1.00 e. The second kappa shape index (κ2) is 39.1. The molecule has 0 aliphatic rings. The number of pyridine rings is 2. The van der Waals surface area contributed by atoms with Gasteiger partial charge in [-0.3, -0.25) is 28.8 Å². The number of carbonyl (C=O) groups excluding carboxylic acids is 3. The molecule has 572 valence electrons. The van der Waals surface area contributed by atoms with Crippen molar-refractivity contribution in [2.24, 2.45) is 11.8 Å². The summed E-state index contributed by atoms with van der Waals surface area (Å²) in [6, 6.07) is 7.62. The number of nitrogens with zero attached hydrogens (tertiary/aromatic N) is 4. The Morgan fingerprint density at radius 3 is 1.08 bits per heavy atom. The third kappa shape index (κ3) is 24.3. The molecule has 2 unspecified atom stereocenters. The molecule has 6 rings (SSSR count). The summed E-state index contributed by atoms with van der Waals surface area (Å²) in [5.41, 5.74) is -11.2. The molecule has 2 aromatic heterocycles. The van der Waals surface area contributed by atoms with Gasteiger partial charge in [-0.05, 0) is 157 Å². The summed E-state index contributed by atoms with van der Waals surface area (Å²) in [6.07, 6.45) is -23.3. The molecule has 0 aliphatic carbocycles. The van der Waals surface area contributed by atoms with Gasteiger partial charge < -0.3 is 34.3 Å². The molecule has 32 heteroatoms. The molecule has 13 nitrogen and oxygen atoms in total. The number of aryl methyl sites for hydroxylation is 4. The van der Waals surface area contributed by atoms with Gasteiger partial charge in [-0.15, -0.1) is 0 Å². The largest absolute Gasteiger partial charge is 1.00 e. The molecule has 2 heterocycles. The zero-order valence-electron chi connectivity index (χ0n) is 59.8. The number of aliphatic carboxylic acids is 1. The maximum absolute atomic E-state index is 16.6. The molecule has 0 amide bonds. The number of benzene rings is 4. The van der Waals surface area contributed by atoms with Crippen LogP contribution in [-0.2, 0) is 61.5 Å². The van der Waals surface area contributed by atoms with Gasteiger partial charge in [-0.25, -0.2) is 17.6 Å². The van der Waals surface area contributed by atoms with Crippen molar-refractivity contribution in [2.45, 2.75) is 162 Å². The second-order valence-electron chi connectivity index (χ2n) is 26.2. The SMILES string of the molecule is CCOC(=O)C[C@H](CC(=O)C(CC(C)C)n1cc(CCN(C)C)c(C(F)(F)F)cc1=O)c1c(F)c(-c2c(C)cccc2C)cc(C(F)(F)F)c1F.Cc1cccc(C)c1-c1cc(C(F)(F)F)c(F)c([C@H](CC(=O)O)CC(=O)C(CC(C)C)n2cc(CCN(C)C)c(C(F)(F)F)cc2=O)c1F.S.S.[Li+].[OH-]. The summed E-state index contributed by atoms with van der Waals surface area (Å²) in [5, 5.41) is 9.69. The Hall–Kier alpha value is -6.88. The monoisotopic (exact) mass is 1520 g/mol. The molecular formula is C72H85F16LiN4O9S2. The van der Waals surface area contributed by atoms with E-state index >= 15 is 17.6 Å². The molecule has 0 spiro atoms. The Morgan fingerprint density at radius 2 is 0.808 bits per heavy atom. The average molecular weight is 1530 g/mol. The maximum atomic E-state index is 16.6. The molecule has 4 aromatic carbocycles. The first-order valence-corrected chi connectivity index (χ1v) is 31.8. The van der Waals surface area contributed by atoms with Gasteiger partial charge >= 0.3 is 55.5 Å². The van der Waals surface area contributed by atoms with Gasteiger partial charge in [0.15, 0.2) is 11.6 Å². The van der Waals surface area contributed by atoms with Crippen LogP contribution < -0.4 is 30.0 Å². The number of carbonyl (C=O) groups is 4. The van der Waals surface area contributed by atoms with Crippen LogP contribution in [0.15, 0.2) is 82.6 Å². The summed E-state index contributed by atoms with van der Waals surface area (Å²) in [5.74, 6) is -16.2. The van der Waals surface area contributed by atoms with Crippen LogP contribution in [0.4, 0.5) is 70.2 Å². The van der Waals surface area contributed by atoms with Gasteiger partial charge in [0, 0.05) is 84.5 Å². The van der Waals surface area contributed by atoms with Crippen molar-refractivity contribution in [2.75, 3.05) is 47.9 Å². The van der Waals surface area contributed by atoms with Crippen molar-refractivity contribution in [1.82, 2.24) is 18.9 Å². The Balaban J connectivity index is 0.00000100. The number of likely N-dealkylation sites (N-methyl/N-ethyl adjacent to an activating group) is 2. The minimum absolute atomic E-state index is 0. The van der Waals surface area contributed by atoms with Gasteiger partial charge in [0.05, 0.1) is 53.8 Å². The van der Waals surface area contributed by atoms with Crippen molar-refractivity contribution < 1.29 is 124 Å². The number of alkyl halides is 12. The fraction of sp³-hybridized carbons (Fsp3) is 0.472. The zero-order valence-corrected chi connectivity index (χ0v) is 61.8. The molecule has 0 aliphatic heterocycles. The Labute approximate surface area is 618 Å². The minimum atomic E-state index is -5.34. The Bertz CT molecular complexity index is 4060. The number of aromatic nitrogens is 2. The summed E-state index contributed by atoms with van der Waals surface area (Å²) in [4.78, 5) is 82.5. The van der Waals surface area contributed by atoms with E-state index in [0.717, 1.165) is 21.5 Å². The van der Waals surface area contributed by atoms with Gasteiger partial charge in [-0.2, -0.15) is 79.7 Å². The smallest absolute Gasteiger partial charge is 0.870 e. The normalized spacial score (nSPS) is 13.0. The molecule has 6 aromatic rings. The van der Waals surface area contributed by atoms with Crippen molar-refractivity contribution in [3.63, 3.8) is 0 Å². The summed E-state index contributed by atoms with van der Waals surface area (Å²) in [7, 11) is 6.51. The quantitative estimate of drug-likeness (QED) is 0.0295. The van der Waals surface area contributed by atoms with Gasteiger partial charge in [0.2, 0.25) is 0 Å². The van der Waals surface area contributed by atoms with E-state index in [1.165, 1.54) is 58.9 Å². The molecule has 104 heavy (non-hydrogen) atoms. The number of hydrogen-bond donors (Lipinski definition) is 1. The second-order valence-corrected chi connectivity index (χ2v) is 26.2. The number of Topliss-reactive ketones (excluding diaryl/α,β-unsaturated/α-hetero) is 2. The van der Waals surface area contributed by atoms with Crippen LogP contribution in [0.2, 0.25) is 0 Å². The van der Waals surface area contributed by atoms with Crippen LogP contribution >= 0.6 is 27.0 Å². The van der Waals surface area contributed by atoms with E-state index in [-0.39, 0.29) is 131 Å². The fourth-order valence-corrected chi connectivity index (χ4v) is 12.2. The topological polar surface area (TPSA) is 178 Å². The summed E-state index contributed by atoms with van der Waals surface area (Å²) in [6.45, 7) is 14.2. The van der Waals surface area contributed by atoms with Crippen LogP contribution in [0, 0.1) is 62.8 Å². The van der Waals surface area contributed by atoms with Crippen molar-refractivity contribution in [3.05, 3.63) is 184 Å². The Kier molecular flexibility index (Phi) is 35.8. The number of rotatable bonds is 27. The number of carboxylic acid groups (broad SMARTS) is 1. The van der Waals surface area contributed by atoms with Crippen LogP contribution in [0.5, 0.6) is 0 Å². The molecule has 0 fully saturated rings. The van der Waals surface area contributed by atoms with Crippen LogP contribution in [0.1, 0.15) is 164 Å². The first-order chi connectivity index (χ1) is 46.1. The third-order valence-electron chi connectivity index (χ3n) is 16.8. The fourth-order valence-electron chi connectivity index (χ4n) is 12.2. The number of ketones is 2. The molecule has 4 atom stereocenters. The zero-order chi connectivity index (χ0) is 75.8. The van der Waals surface area contributed by atoms with E-state index in [4.69, 9.17) is 4.74 Å².